The standard InChI is InChI=1S/C16H23NO3/c1-12-3-5-14(6-4-12)15(16(18)19)17(2)11-13-7-9-20-10-8-13/h3-6,13,15H,7-11H2,1-2H3,(H,18,19)/t15-/m1/s1. The predicted molar refractivity (Wildman–Crippen MR) is 77.7 cm³/mol. The largest absolute Gasteiger partial charge is 0.480 e. The number of rotatable bonds is 5. The Morgan fingerprint density at radius 2 is 1.95 bits per heavy atom. The number of hydrogen-bond donors (Lipinski definition) is 1. The lowest BCUT2D eigenvalue weighted by Gasteiger charge is -2.31. The molecule has 1 atom stereocenters. The molecule has 0 radical (unpaired) electrons. The average molecular weight is 277 g/mol. The molecule has 1 aromatic rings. The highest BCUT2D eigenvalue weighted by Crippen LogP contribution is 2.24. The number of carbonyl (C=O) groups is 1. The first-order chi connectivity index (χ1) is 9.58. The van der Waals surface area contributed by atoms with Gasteiger partial charge >= 0.3 is 5.97 Å². The first-order valence-electron chi connectivity index (χ1n) is 7.15. The van der Waals surface area contributed by atoms with Gasteiger partial charge in [0, 0.05) is 19.8 Å². The zero-order valence-electron chi connectivity index (χ0n) is 12.2. The Bertz CT molecular complexity index is 438. The summed E-state index contributed by atoms with van der Waals surface area (Å²) < 4.78 is 5.35. The summed E-state index contributed by atoms with van der Waals surface area (Å²) >= 11 is 0. The normalized spacial score (nSPS) is 18.1. The van der Waals surface area contributed by atoms with E-state index in [-0.39, 0.29) is 0 Å². The van der Waals surface area contributed by atoms with Crippen LogP contribution in [0.1, 0.15) is 30.0 Å². The van der Waals surface area contributed by atoms with Gasteiger partial charge in [-0.15, -0.1) is 0 Å². The molecule has 0 saturated carbocycles. The van der Waals surface area contributed by atoms with Crippen LogP contribution in [0.4, 0.5) is 0 Å². The smallest absolute Gasteiger partial charge is 0.325 e. The molecule has 1 saturated heterocycles. The minimum atomic E-state index is -0.789. The fourth-order valence-electron chi connectivity index (χ4n) is 2.78. The van der Waals surface area contributed by atoms with Crippen molar-refractivity contribution >= 4 is 5.97 Å². The van der Waals surface area contributed by atoms with Crippen molar-refractivity contribution in [3.63, 3.8) is 0 Å². The fraction of sp³-hybridized carbons (Fsp3) is 0.562. The topological polar surface area (TPSA) is 49.8 Å². The summed E-state index contributed by atoms with van der Waals surface area (Å²) in [4.78, 5) is 13.5. The lowest BCUT2D eigenvalue weighted by atomic mass is 9.97. The molecule has 20 heavy (non-hydrogen) atoms. The Morgan fingerprint density at radius 1 is 1.35 bits per heavy atom. The van der Waals surface area contributed by atoms with Crippen LogP contribution in [-0.2, 0) is 9.53 Å². The molecule has 0 aromatic heterocycles. The molecular weight excluding hydrogens is 254 g/mol. The SMILES string of the molecule is Cc1ccc([C@H](C(=O)O)N(C)CC2CCOCC2)cc1. The van der Waals surface area contributed by atoms with Gasteiger partial charge in [0.05, 0.1) is 0 Å². The second kappa shape index (κ2) is 6.86. The van der Waals surface area contributed by atoms with Gasteiger partial charge in [-0.05, 0) is 38.3 Å². The number of nitrogens with zero attached hydrogens (tertiary/aromatic N) is 1. The van der Waals surface area contributed by atoms with Gasteiger partial charge in [-0.3, -0.25) is 9.69 Å². The van der Waals surface area contributed by atoms with Crippen LogP contribution in [0.3, 0.4) is 0 Å². The lowest BCUT2D eigenvalue weighted by Crippen LogP contribution is -2.36. The van der Waals surface area contributed by atoms with Crippen LogP contribution in [0, 0.1) is 12.8 Å². The van der Waals surface area contributed by atoms with Crippen molar-refractivity contribution in [1.29, 1.82) is 0 Å². The monoisotopic (exact) mass is 277 g/mol. The second-order valence-corrected chi connectivity index (χ2v) is 5.65. The summed E-state index contributed by atoms with van der Waals surface area (Å²) in [5.41, 5.74) is 1.99. The second-order valence-electron chi connectivity index (χ2n) is 5.65. The van der Waals surface area contributed by atoms with Crippen LogP contribution < -0.4 is 0 Å². The molecule has 1 aliphatic rings. The van der Waals surface area contributed by atoms with Crippen molar-refractivity contribution < 1.29 is 14.6 Å². The van der Waals surface area contributed by atoms with Gasteiger partial charge in [0.1, 0.15) is 6.04 Å². The van der Waals surface area contributed by atoms with Crippen molar-refractivity contribution in [2.45, 2.75) is 25.8 Å². The molecule has 2 rings (SSSR count). The molecule has 1 fully saturated rings. The number of carboxylic acid groups (broad SMARTS) is 1. The molecule has 4 nitrogen and oxygen atoms in total. The summed E-state index contributed by atoms with van der Waals surface area (Å²) in [5.74, 6) is -0.260. The Hall–Kier alpha value is -1.39. The minimum absolute atomic E-state index is 0.529. The number of hydrogen-bond acceptors (Lipinski definition) is 3. The Kier molecular flexibility index (Phi) is 5.15. The third-order valence-corrected chi connectivity index (χ3v) is 3.95. The van der Waals surface area contributed by atoms with Gasteiger partial charge in [-0.1, -0.05) is 29.8 Å². The van der Waals surface area contributed by atoms with Crippen molar-refractivity contribution in [3.8, 4) is 0 Å². The summed E-state index contributed by atoms with van der Waals surface area (Å²) in [6.07, 6.45) is 2.04. The van der Waals surface area contributed by atoms with Gasteiger partial charge in [0.25, 0.3) is 0 Å². The van der Waals surface area contributed by atoms with Gasteiger partial charge < -0.3 is 9.84 Å². The molecule has 1 aromatic carbocycles. The van der Waals surface area contributed by atoms with E-state index in [9.17, 15) is 9.90 Å². The van der Waals surface area contributed by atoms with E-state index in [1.54, 1.807) is 0 Å². The van der Waals surface area contributed by atoms with Crippen molar-refractivity contribution in [3.05, 3.63) is 35.4 Å². The Labute approximate surface area is 120 Å². The number of benzene rings is 1. The quantitative estimate of drug-likeness (QED) is 0.898. The molecule has 0 spiro atoms. The molecule has 1 aliphatic heterocycles. The molecule has 1 N–H and O–H groups in total. The number of carboxylic acids is 1. The highest BCUT2D eigenvalue weighted by Gasteiger charge is 2.27. The van der Waals surface area contributed by atoms with E-state index in [0.29, 0.717) is 5.92 Å². The van der Waals surface area contributed by atoms with Crippen LogP contribution in [0.15, 0.2) is 24.3 Å². The van der Waals surface area contributed by atoms with Gasteiger partial charge in [-0.2, -0.15) is 0 Å². The van der Waals surface area contributed by atoms with E-state index in [1.807, 2.05) is 43.1 Å². The maximum absolute atomic E-state index is 11.6. The predicted octanol–water partition coefficient (Wildman–Crippen LogP) is 2.48. The van der Waals surface area contributed by atoms with Crippen LogP contribution in [-0.4, -0.2) is 42.8 Å². The number of aryl methyl sites for hydroxylation is 1. The minimum Gasteiger partial charge on any atom is -0.480 e. The lowest BCUT2D eigenvalue weighted by molar-refractivity contribution is -0.143. The first-order valence-corrected chi connectivity index (χ1v) is 7.15. The van der Waals surface area contributed by atoms with E-state index in [1.165, 1.54) is 0 Å². The molecule has 1 heterocycles. The van der Waals surface area contributed by atoms with Crippen molar-refractivity contribution in [2.75, 3.05) is 26.8 Å². The maximum Gasteiger partial charge on any atom is 0.325 e. The zero-order chi connectivity index (χ0) is 14.5. The van der Waals surface area contributed by atoms with E-state index in [0.717, 1.165) is 43.7 Å². The number of likely N-dealkylation sites (N-methyl/N-ethyl adjacent to an activating group) is 1. The number of aliphatic carboxylic acids is 1. The van der Waals surface area contributed by atoms with Crippen LogP contribution in [0.2, 0.25) is 0 Å². The third kappa shape index (κ3) is 3.81. The Balaban J connectivity index is 2.07. The maximum atomic E-state index is 11.6. The molecule has 0 unspecified atom stereocenters. The molecule has 0 aliphatic carbocycles. The Morgan fingerprint density at radius 3 is 2.50 bits per heavy atom. The summed E-state index contributed by atoms with van der Waals surface area (Å²) in [7, 11) is 1.90. The van der Waals surface area contributed by atoms with Gasteiger partial charge in [0.2, 0.25) is 0 Å². The van der Waals surface area contributed by atoms with Crippen LogP contribution >= 0.6 is 0 Å². The number of ether oxygens (including phenoxy) is 1. The highest BCUT2D eigenvalue weighted by molar-refractivity contribution is 5.75. The van der Waals surface area contributed by atoms with Crippen molar-refractivity contribution in [1.82, 2.24) is 4.90 Å². The van der Waals surface area contributed by atoms with Crippen molar-refractivity contribution in [2.24, 2.45) is 5.92 Å². The fourth-order valence-corrected chi connectivity index (χ4v) is 2.78. The molecular formula is C16H23NO3. The average Bonchev–Trinajstić information content (AvgIpc) is 2.42. The summed E-state index contributed by atoms with van der Waals surface area (Å²) in [5, 5.41) is 9.53. The van der Waals surface area contributed by atoms with Crippen LogP contribution in [0.25, 0.3) is 0 Å². The van der Waals surface area contributed by atoms with E-state index >= 15 is 0 Å². The third-order valence-electron chi connectivity index (χ3n) is 3.95. The van der Waals surface area contributed by atoms with E-state index < -0.39 is 12.0 Å². The first kappa shape index (κ1) is 15.0. The highest BCUT2D eigenvalue weighted by atomic mass is 16.5. The summed E-state index contributed by atoms with van der Waals surface area (Å²) in [6, 6.07) is 7.18. The molecule has 4 heteroatoms. The van der Waals surface area contributed by atoms with Gasteiger partial charge in [0.15, 0.2) is 0 Å². The summed E-state index contributed by atoms with van der Waals surface area (Å²) in [6.45, 7) is 4.39. The van der Waals surface area contributed by atoms with Crippen LogP contribution in [0.5, 0.6) is 0 Å². The van der Waals surface area contributed by atoms with E-state index in [4.69, 9.17) is 4.74 Å². The zero-order valence-corrected chi connectivity index (χ0v) is 12.2. The molecule has 0 bridgehead atoms. The van der Waals surface area contributed by atoms with Gasteiger partial charge in [-0.25, -0.2) is 0 Å². The molecule has 0 amide bonds. The van der Waals surface area contributed by atoms with E-state index in [2.05, 4.69) is 0 Å². The molecule has 110 valence electrons.